The maximum atomic E-state index is 12.3. The number of rotatable bonds is 5. The molecule has 0 bridgehead atoms. The number of amides is 1. The van der Waals surface area contributed by atoms with Gasteiger partial charge >= 0.3 is 0 Å². The Morgan fingerprint density at radius 2 is 1.83 bits per heavy atom. The van der Waals surface area contributed by atoms with Gasteiger partial charge < -0.3 is 10.6 Å². The third-order valence-corrected chi connectivity index (χ3v) is 3.83. The average Bonchev–Trinajstić information content (AvgIpc) is 2.38. The Hall–Kier alpha value is -1.35. The van der Waals surface area contributed by atoms with Crippen LogP contribution in [0.25, 0.3) is 0 Å². The maximum Gasteiger partial charge on any atom is 0.227 e. The van der Waals surface area contributed by atoms with Crippen molar-refractivity contribution in [3.05, 3.63) is 35.4 Å². The highest BCUT2D eigenvalue weighted by Crippen LogP contribution is 2.18. The molecule has 1 aromatic carbocycles. The molecular weight excluding hydrogens is 224 g/mol. The number of hydrogen-bond acceptors (Lipinski definition) is 2. The normalized spacial score (nSPS) is 11.4. The Bertz CT molecular complexity index is 413. The van der Waals surface area contributed by atoms with Gasteiger partial charge in [0.15, 0.2) is 0 Å². The van der Waals surface area contributed by atoms with Crippen LogP contribution in [-0.4, -0.2) is 23.4 Å². The predicted octanol–water partition coefficient (Wildman–Crippen LogP) is 2.33. The Balaban J connectivity index is 2.82. The zero-order chi connectivity index (χ0) is 13.8. The lowest BCUT2D eigenvalue weighted by Gasteiger charge is -2.35. The van der Waals surface area contributed by atoms with E-state index in [1.165, 1.54) is 0 Å². The number of nitrogens with two attached hydrogens (primary N) is 1. The summed E-state index contributed by atoms with van der Waals surface area (Å²) in [6, 6.07) is 7.86. The summed E-state index contributed by atoms with van der Waals surface area (Å²) in [5.41, 5.74) is 7.67. The van der Waals surface area contributed by atoms with E-state index in [0.717, 1.165) is 17.5 Å². The minimum atomic E-state index is -0.102. The molecular formula is C15H24N2O. The SMILES string of the molecule is CCC(C)(C)N(C)C(=O)Cc1ccccc1CN. The molecule has 0 saturated heterocycles. The van der Waals surface area contributed by atoms with E-state index in [-0.39, 0.29) is 11.4 Å². The van der Waals surface area contributed by atoms with Crippen molar-refractivity contribution in [3.63, 3.8) is 0 Å². The van der Waals surface area contributed by atoms with Crippen LogP contribution < -0.4 is 5.73 Å². The van der Waals surface area contributed by atoms with E-state index in [1.54, 1.807) is 0 Å². The van der Waals surface area contributed by atoms with Gasteiger partial charge in [0.1, 0.15) is 0 Å². The van der Waals surface area contributed by atoms with Crippen LogP contribution in [0.5, 0.6) is 0 Å². The van der Waals surface area contributed by atoms with Gasteiger partial charge in [0, 0.05) is 19.1 Å². The fraction of sp³-hybridized carbons (Fsp3) is 0.533. The lowest BCUT2D eigenvalue weighted by molar-refractivity contribution is -0.134. The summed E-state index contributed by atoms with van der Waals surface area (Å²) in [6.07, 6.45) is 1.36. The van der Waals surface area contributed by atoms with Crippen molar-refractivity contribution < 1.29 is 4.79 Å². The van der Waals surface area contributed by atoms with Gasteiger partial charge in [-0.3, -0.25) is 4.79 Å². The summed E-state index contributed by atoms with van der Waals surface area (Å²) in [4.78, 5) is 14.1. The number of carbonyl (C=O) groups is 1. The number of benzene rings is 1. The summed E-state index contributed by atoms with van der Waals surface area (Å²) in [7, 11) is 1.87. The number of nitrogens with zero attached hydrogens (tertiary/aromatic N) is 1. The van der Waals surface area contributed by atoms with Crippen molar-refractivity contribution >= 4 is 5.91 Å². The Labute approximate surface area is 110 Å². The van der Waals surface area contributed by atoms with E-state index in [4.69, 9.17) is 5.73 Å². The standard InChI is InChI=1S/C15H24N2O/c1-5-15(2,3)17(4)14(18)10-12-8-6-7-9-13(12)11-16/h6-9H,5,10-11,16H2,1-4H3. The van der Waals surface area contributed by atoms with Gasteiger partial charge in [-0.25, -0.2) is 0 Å². The fourth-order valence-electron chi connectivity index (χ4n) is 1.79. The summed E-state index contributed by atoms with van der Waals surface area (Å²) >= 11 is 0. The van der Waals surface area contributed by atoms with E-state index in [0.29, 0.717) is 13.0 Å². The van der Waals surface area contributed by atoms with E-state index in [9.17, 15) is 4.79 Å². The highest BCUT2D eigenvalue weighted by Gasteiger charge is 2.25. The Morgan fingerprint density at radius 1 is 1.28 bits per heavy atom. The van der Waals surface area contributed by atoms with E-state index in [1.807, 2.05) is 36.2 Å². The Kier molecular flexibility index (Phi) is 4.91. The van der Waals surface area contributed by atoms with Crippen LogP contribution in [0, 0.1) is 0 Å². The van der Waals surface area contributed by atoms with Crippen LogP contribution in [0.2, 0.25) is 0 Å². The van der Waals surface area contributed by atoms with Gasteiger partial charge in [-0.15, -0.1) is 0 Å². The first-order chi connectivity index (χ1) is 8.42. The molecule has 1 rings (SSSR count). The smallest absolute Gasteiger partial charge is 0.227 e. The molecule has 3 nitrogen and oxygen atoms in total. The molecule has 0 unspecified atom stereocenters. The van der Waals surface area contributed by atoms with Gasteiger partial charge in [0.05, 0.1) is 6.42 Å². The predicted molar refractivity (Wildman–Crippen MR) is 75.2 cm³/mol. The van der Waals surface area contributed by atoms with Gasteiger partial charge in [-0.05, 0) is 31.4 Å². The Morgan fingerprint density at radius 3 is 2.33 bits per heavy atom. The van der Waals surface area contributed by atoms with Crippen LogP contribution in [0.1, 0.15) is 38.3 Å². The molecule has 2 N–H and O–H groups in total. The minimum absolute atomic E-state index is 0.102. The first-order valence-electron chi connectivity index (χ1n) is 6.46. The van der Waals surface area contributed by atoms with E-state index < -0.39 is 0 Å². The van der Waals surface area contributed by atoms with E-state index >= 15 is 0 Å². The number of hydrogen-bond donors (Lipinski definition) is 1. The quantitative estimate of drug-likeness (QED) is 0.869. The molecule has 1 aromatic rings. The van der Waals surface area contributed by atoms with Crippen molar-refractivity contribution in [2.45, 2.75) is 45.7 Å². The summed E-state index contributed by atoms with van der Waals surface area (Å²) in [5.74, 6) is 0.141. The summed E-state index contributed by atoms with van der Waals surface area (Å²) in [5, 5.41) is 0. The van der Waals surface area contributed by atoms with Crippen molar-refractivity contribution in [1.82, 2.24) is 4.90 Å². The molecule has 0 fully saturated rings. The topological polar surface area (TPSA) is 46.3 Å². The van der Waals surface area contributed by atoms with Crippen molar-refractivity contribution in [1.29, 1.82) is 0 Å². The zero-order valence-electron chi connectivity index (χ0n) is 11.9. The molecule has 0 atom stereocenters. The van der Waals surface area contributed by atoms with Crippen LogP contribution in [0.15, 0.2) is 24.3 Å². The van der Waals surface area contributed by atoms with Crippen LogP contribution in [0.4, 0.5) is 0 Å². The van der Waals surface area contributed by atoms with Crippen LogP contribution >= 0.6 is 0 Å². The number of likely N-dealkylation sites (N-methyl/N-ethyl adjacent to an activating group) is 1. The fourth-order valence-corrected chi connectivity index (χ4v) is 1.79. The van der Waals surface area contributed by atoms with Crippen LogP contribution in [-0.2, 0) is 17.8 Å². The first-order valence-corrected chi connectivity index (χ1v) is 6.46. The molecule has 0 spiro atoms. The van der Waals surface area contributed by atoms with Gasteiger partial charge in [-0.1, -0.05) is 31.2 Å². The average molecular weight is 248 g/mol. The van der Waals surface area contributed by atoms with E-state index in [2.05, 4.69) is 20.8 Å². The molecule has 100 valence electrons. The molecule has 0 heterocycles. The maximum absolute atomic E-state index is 12.3. The van der Waals surface area contributed by atoms with Crippen molar-refractivity contribution in [3.8, 4) is 0 Å². The van der Waals surface area contributed by atoms with Gasteiger partial charge in [0.2, 0.25) is 5.91 Å². The lowest BCUT2D eigenvalue weighted by Crippen LogP contribution is -2.45. The molecule has 0 saturated carbocycles. The largest absolute Gasteiger partial charge is 0.340 e. The minimum Gasteiger partial charge on any atom is -0.340 e. The monoisotopic (exact) mass is 248 g/mol. The highest BCUT2D eigenvalue weighted by atomic mass is 16.2. The third kappa shape index (κ3) is 3.33. The lowest BCUT2D eigenvalue weighted by atomic mass is 9.98. The molecule has 1 amide bonds. The second kappa shape index (κ2) is 6.01. The molecule has 3 heteroatoms. The molecule has 0 radical (unpaired) electrons. The molecule has 0 aliphatic heterocycles. The summed E-state index contributed by atoms with van der Waals surface area (Å²) in [6.45, 7) is 6.74. The third-order valence-electron chi connectivity index (χ3n) is 3.83. The van der Waals surface area contributed by atoms with Gasteiger partial charge in [0.25, 0.3) is 0 Å². The van der Waals surface area contributed by atoms with Crippen molar-refractivity contribution in [2.24, 2.45) is 5.73 Å². The second-order valence-electron chi connectivity index (χ2n) is 5.27. The zero-order valence-corrected chi connectivity index (χ0v) is 11.9. The van der Waals surface area contributed by atoms with Crippen LogP contribution in [0.3, 0.4) is 0 Å². The second-order valence-corrected chi connectivity index (χ2v) is 5.27. The highest BCUT2D eigenvalue weighted by molar-refractivity contribution is 5.79. The summed E-state index contributed by atoms with van der Waals surface area (Å²) < 4.78 is 0. The van der Waals surface area contributed by atoms with Gasteiger partial charge in [-0.2, -0.15) is 0 Å². The number of carbonyl (C=O) groups excluding carboxylic acids is 1. The molecule has 0 aliphatic carbocycles. The van der Waals surface area contributed by atoms with Crippen molar-refractivity contribution in [2.75, 3.05) is 7.05 Å². The first kappa shape index (κ1) is 14.7. The molecule has 0 aromatic heterocycles. The molecule has 18 heavy (non-hydrogen) atoms. The molecule has 0 aliphatic rings.